The molecule has 34 heavy (non-hydrogen) atoms. The average molecular weight is 478 g/mol. The van der Waals surface area contributed by atoms with E-state index in [1.54, 1.807) is 18.2 Å². The summed E-state index contributed by atoms with van der Waals surface area (Å²) in [5.74, 6) is -3.39. The number of oxazole rings is 1. The molecule has 0 aliphatic carbocycles. The number of rotatable bonds is 6. The first-order valence-electron chi connectivity index (χ1n) is 10.5. The summed E-state index contributed by atoms with van der Waals surface area (Å²) in [5.41, 5.74) is 1.45. The smallest absolute Gasteiger partial charge is 0.422 e. The van der Waals surface area contributed by atoms with Gasteiger partial charge in [0.25, 0.3) is 0 Å². The van der Waals surface area contributed by atoms with E-state index < -0.39 is 60.2 Å². The van der Waals surface area contributed by atoms with E-state index in [1.807, 2.05) is 6.92 Å². The minimum atomic E-state index is -1.29. The molecule has 2 heterocycles. The van der Waals surface area contributed by atoms with E-state index in [4.69, 9.17) is 23.4 Å². The first kappa shape index (κ1) is 25.0. The fourth-order valence-electron chi connectivity index (χ4n) is 3.91. The molecule has 0 spiro atoms. The van der Waals surface area contributed by atoms with E-state index in [2.05, 4.69) is 5.32 Å². The molecular formula is C22H26N2O10. The lowest BCUT2D eigenvalue weighted by atomic mass is 9.94. The average Bonchev–Trinajstić information content (AvgIpc) is 3.03. The molecule has 12 heteroatoms. The number of esters is 3. The van der Waals surface area contributed by atoms with Gasteiger partial charge < -0.3 is 28.7 Å². The van der Waals surface area contributed by atoms with Gasteiger partial charge in [0, 0.05) is 27.7 Å². The van der Waals surface area contributed by atoms with Crippen molar-refractivity contribution in [1.82, 2.24) is 9.88 Å². The zero-order valence-corrected chi connectivity index (χ0v) is 19.4. The van der Waals surface area contributed by atoms with Crippen LogP contribution >= 0.6 is 0 Å². The Hall–Kier alpha value is -3.67. The fraction of sp³-hybridized carbons (Fsp3) is 0.500. The van der Waals surface area contributed by atoms with E-state index in [-0.39, 0.29) is 12.2 Å². The first-order chi connectivity index (χ1) is 16.0. The Balaban J connectivity index is 2.19. The summed E-state index contributed by atoms with van der Waals surface area (Å²) in [7, 11) is 0. The van der Waals surface area contributed by atoms with E-state index >= 15 is 0 Å². The second kappa shape index (κ2) is 10.1. The predicted octanol–water partition coefficient (Wildman–Crippen LogP) is 0.732. The molecule has 1 aliphatic heterocycles. The summed E-state index contributed by atoms with van der Waals surface area (Å²) in [5, 5.41) is 2.63. The molecule has 5 atom stereocenters. The van der Waals surface area contributed by atoms with Crippen molar-refractivity contribution >= 4 is 34.9 Å². The second-order valence-corrected chi connectivity index (χ2v) is 7.95. The first-order valence-corrected chi connectivity index (χ1v) is 10.5. The van der Waals surface area contributed by atoms with Gasteiger partial charge in [-0.05, 0) is 24.6 Å². The van der Waals surface area contributed by atoms with Crippen LogP contribution in [0, 0.1) is 6.92 Å². The predicted molar refractivity (Wildman–Crippen MR) is 114 cm³/mol. The van der Waals surface area contributed by atoms with Crippen LogP contribution in [0.3, 0.4) is 0 Å². The van der Waals surface area contributed by atoms with Crippen molar-refractivity contribution in [2.24, 2.45) is 0 Å². The zero-order chi connectivity index (χ0) is 25.2. The van der Waals surface area contributed by atoms with Gasteiger partial charge in [0.1, 0.15) is 18.8 Å². The number of hydrogen-bond acceptors (Lipinski definition) is 10. The third-order valence-electron chi connectivity index (χ3n) is 5.11. The largest absolute Gasteiger partial charge is 0.463 e. The quantitative estimate of drug-likeness (QED) is 0.464. The van der Waals surface area contributed by atoms with Gasteiger partial charge in [-0.3, -0.25) is 19.2 Å². The number of amides is 1. The maximum Gasteiger partial charge on any atom is 0.422 e. The Kier molecular flexibility index (Phi) is 7.40. The Labute approximate surface area is 194 Å². The Morgan fingerprint density at radius 2 is 1.65 bits per heavy atom. The highest BCUT2D eigenvalue weighted by atomic mass is 16.6. The van der Waals surface area contributed by atoms with Gasteiger partial charge in [-0.2, -0.15) is 0 Å². The second-order valence-electron chi connectivity index (χ2n) is 7.95. The number of benzene rings is 1. The SMILES string of the molecule is CC(=O)N[C@@H]1[C@@H](OC(C)=O)[C@@H](OC(C)=O)[C@@H](COC(C)=O)O[C@@H]1n1c(=O)oc2ccc(C)cc21. The van der Waals surface area contributed by atoms with E-state index in [0.29, 0.717) is 5.52 Å². The van der Waals surface area contributed by atoms with Gasteiger partial charge in [0.2, 0.25) is 5.91 Å². The molecule has 1 aromatic carbocycles. The Bertz CT molecular complexity index is 1170. The molecule has 1 saturated heterocycles. The highest BCUT2D eigenvalue weighted by Crippen LogP contribution is 2.34. The number of aromatic nitrogens is 1. The molecule has 184 valence electrons. The van der Waals surface area contributed by atoms with Crippen LogP contribution in [0.1, 0.15) is 39.5 Å². The van der Waals surface area contributed by atoms with Crippen LogP contribution in [0.2, 0.25) is 0 Å². The van der Waals surface area contributed by atoms with E-state index in [9.17, 15) is 24.0 Å². The van der Waals surface area contributed by atoms with E-state index in [1.165, 1.54) is 18.4 Å². The van der Waals surface area contributed by atoms with Gasteiger partial charge >= 0.3 is 23.7 Å². The van der Waals surface area contributed by atoms with Crippen molar-refractivity contribution in [3.8, 4) is 0 Å². The van der Waals surface area contributed by atoms with E-state index in [0.717, 1.165) is 19.4 Å². The third kappa shape index (κ3) is 5.45. The van der Waals surface area contributed by atoms with Gasteiger partial charge in [0.15, 0.2) is 24.0 Å². The molecule has 12 nitrogen and oxygen atoms in total. The molecule has 0 saturated carbocycles. The summed E-state index contributed by atoms with van der Waals surface area (Å²) in [6.45, 7) is 6.14. The van der Waals surface area contributed by atoms with Gasteiger partial charge in [-0.1, -0.05) is 6.07 Å². The van der Waals surface area contributed by atoms with Crippen LogP contribution in [0.4, 0.5) is 0 Å². The summed E-state index contributed by atoms with van der Waals surface area (Å²) in [6.07, 6.45) is -4.96. The van der Waals surface area contributed by atoms with Crippen molar-refractivity contribution in [3.05, 3.63) is 34.3 Å². The van der Waals surface area contributed by atoms with Crippen LogP contribution in [0.5, 0.6) is 0 Å². The van der Waals surface area contributed by atoms with Crippen molar-refractivity contribution in [1.29, 1.82) is 0 Å². The standard InChI is InChI=1S/C22H26N2O10/c1-10-6-7-16-15(8-10)24(22(29)34-16)21-18(23-11(2)25)20(32-14(5)28)19(31-13(4)27)17(33-21)9-30-12(3)26/h6-8,17-21H,9H2,1-5H3,(H,23,25)/t17-,18-,19+,20-,21+/m1/s1. The topological polar surface area (TPSA) is 152 Å². The van der Waals surface area contributed by atoms with Crippen molar-refractivity contribution in [2.45, 2.75) is 65.2 Å². The number of nitrogens with zero attached hydrogens (tertiary/aromatic N) is 1. The van der Waals surface area contributed by atoms with Gasteiger partial charge in [-0.15, -0.1) is 0 Å². The van der Waals surface area contributed by atoms with Crippen LogP contribution < -0.4 is 11.1 Å². The maximum atomic E-state index is 12.9. The zero-order valence-electron chi connectivity index (χ0n) is 19.4. The highest BCUT2D eigenvalue weighted by molar-refractivity contribution is 5.75. The van der Waals surface area contributed by atoms with Crippen LogP contribution in [0.15, 0.2) is 27.4 Å². The summed E-state index contributed by atoms with van der Waals surface area (Å²) < 4.78 is 28.5. The van der Waals surface area contributed by atoms with Crippen LogP contribution in [-0.4, -0.2) is 59.3 Å². The molecule has 3 rings (SSSR count). The monoisotopic (exact) mass is 478 g/mol. The summed E-state index contributed by atoms with van der Waals surface area (Å²) in [4.78, 5) is 60.2. The molecule has 0 unspecified atom stereocenters. The number of fused-ring (bicyclic) bond motifs is 1. The number of ether oxygens (including phenoxy) is 4. The lowest BCUT2D eigenvalue weighted by Crippen LogP contribution is -2.64. The Morgan fingerprint density at radius 1 is 1.00 bits per heavy atom. The normalized spacial score (nSPS) is 24.3. The van der Waals surface area contributed by atoms with Crippen molar-refractivity contribution in [3.63, 3.8) is 0 Å². The molecule has 2 aromatic rings. The Morgan fingerprint density at radius 3 is 2.24 bits per heavy atom. The lowest BCUT2D eigenvalue weighted by Gasteiger charge is -2.45. The third-order valence-corrected chi connectivity index (χ3v) is 5.11. The molecule has 1 fully saturated rings. The molecule has 0 bridgehead atoms. The molecule has 1 aliphatic rings. The van der Waals surface area contributed by atoms with Crippen LogP contribution in [-0.2, 0) is 38.1 Å². The molecular weight excluding hydrogens is 452 g/mol. The molecule has 1 N–H and O–H groups in total. The van der Waals surface area contributed by atoms with Crippen LogP contribution in [0.25, 0.3) is 11.1 Å². The highest BCUT2D eigenvalue weighted by Gasteiger charge is 2.52. The molecule has 1 amide bonds. The number of hydrogen-bond donors (Lipinski definition) is 1. The summed E-state index contributed by atoms with van der Waals surface area (Å²) >= 11 is 0. The molecule has 0 radical (unpaired) electrons. The van der Waals surface area contributed by atoms with Crippen molar-refractivity contribution < 1.29 is 42.5 Å². The number of carbonyl (C=O) groups excluding carboxylic acids is 4. The lowest BCUT2D eigenvalue weighted by molar-refractivity contribution is -0.237. The molecule has 1 aromatic heterocycles. The minimum Gasteiger partial charge on any atom is -0.463 e. The maximum absolute atomic E-state index is 12.9. The van der Waals surface area contributed by atoms with Gasteiger partial charge in [-0.25, -0.2) is 9.36 Å². The number of carbonyl (C=O) groups is 4. The van der Waals surface area contributed by atoms with Crippen molar-refractivity contribution in [2.75, 3.05) is 6.61 Å². The minimum absolute atomic E-state index is 0.267. The number of aryl methyl sites for hydroxylation is 1. The fourth-order valence-corrected chi connectivity index (χ4v) is 3.91. The van der Waals surface area contributed by atoms with Gasteiger partial charge in [0.05, 0.1) is 5.52 Å². The summed E-state index contributed by atoms with van der Waals surface area (Å²) in [6, 6.07) is 3.89. The number of nitrogens with one attached hydrogen (secondary N) is 1.